The van der Waals surface area contributed by atoms with Gasteiger partial charge < -0.3 is 14.2 Å². The van der Waals surface area contributed by atoms with Gasteiger partial charge in [-0.15, -0.1) is 0 Å². The number of carbonyl (C=O) groups is 1. The van der Waals surface area contributed by atoms with E-state index in [1.165, 1.54) is 38.4 Å². The van der Waals surface area contributed by atoms with Crippen LogP contribution < -0.4 is 9.47 Å². The molecule has 27 heavy (non-hydrogen) atoms. The third-order valence-electron chi connectivity index (χ3n) is 3.94. The zero-order chi connectivity index (χ0) is 19.6. The molecule has 7 nitrogen and oxygen atoms in total. The molecular weight excluding hydrogens is 438 g/mol. The Morgan fingerprint density at radius 3 is 2.30 bits per heavy atom. The van der Waals surface area contributed by atoms with Crippen molar-refractivity contribution in [1.82, 2.24) is 4.31 Å². The fourth-order valence-electron chi connectivity index (χ4n) is 2.42. The fourth-order valence-corrected chi connectivity index (χ4v) is 3.76. The second kappa shape index (κ2) is 7.87. The molecule has 0 radical (unpaired) electrons. The van der Waals surface area contributed by atoms with Gasteiger partial charge in [0.25, 0.3) is 0 Å². The van der Waals surface area contributed by atoms with Crippen LogP contribution in [-0.2, 0) is 21.4 Å². The molecule has 0 atom stereocenters. The summed E-state index contributed by atoms with van der Waals surface area (Å²) in [5.74, 6) is 0.695. The van der Waals surface area contributed by atoms with E-state index in [-0.39, 0.29) is 17.1 Å². The molecule has 0 N–H and O–H groups in total. The Bertz CT molecular complexity index is 957. The van der Waals surface area contributed by atoms with E-state index in [4.69, 9.17) is 14.2 Å². The Kier molecular flexibility index (Phi) is 5.73. The second-order valence-electron chi connectivity index (χ2n) is 5.98. The highest BCUT2D eigenvalue weighted by molar-refractivity contribution is 9.10. The first-order valence-electron chi connectivity index (χ1n) is 8.07. The van der Waals surface area contributed by atoms with Gasteiger partial charge in [0.2, 0.25) is 10.0 Å². The van der Waals surface area contributed by atoms with E-state index in [9.17, 15) is 13.2 Å². The Hall–Kier alpha value is -2.10. The third kappa shape index (κ3) is 4.26. The van der Waals surface area contributed by atoms with Crippen LogP contribution in [0.5, 0.6) is 11.5 Å². The third-order valence-corrected chi connectivity index (χ3v) is 6.51. The smallest absolute Gasteiger partial charge is 0.338 e. The molecule has 144 valence electrons. The Morgan fingerprint density at radius 2 is 1.70 bits per heavy atom. The number of hydrogen-bond acceptors (Lipinski definition) is 6. The van der Waals surface area contributed by atoms with Crippen molar-refractivity contribution in [2.24, 2.45) is 0 Å². The lowest BCUT2D eigenvalue weighted by Gasteiger charge is -2.20. The summed E-state index contributed by atoms with van der Waals surface area (Å²) in [5, 5.41) is 0. The van der Waals surface area contributed by atoms with E-state index in [1.807, 2.05) is 0 Å². The standard InChI is InChI=1S/C18H18BrNO6S/c1-20(2)27(22,23)14-5-3-12(4-6-14)18(21)26-11-13-9-16-17(10-15(13)19)25-8-7-24-16/h3-6,9-10H,7-8,11H2,1-2H3. The van der Waals surface area contributed by atoms with Gasteiger partial charge in [-0.05, 0) is 36.4 Å². The monoisotopic (exact) mass is 455 g/mol. The Balaban J connectivity index is 1.70. The molecule has 0 aliphatic carbocycles. The second-order valence-corrected chi connectivity index (χ2v) is 8.98. The van der Waals surface area contributed by atoms with E-state index in [1.54, 1.807) is 12.1 Å². The van der Waals surface area contributed by atoms with E-state index < -0.39 is 16.0 Å². The van der Waals surface area contributed by atoms with Crippen molar-refractivity contribution in [2.45, 2.75) is 11.5 Å². The minimum absolute atomic E-state index is 0.0355. The van der Waals surface area contributed by atoms with Crippen molar-refractivity contribution in [3.05, 3.63) is 52.0 Å². The highest BCUT2D eigenvalue weighted by Gasteiger charge is 2.19. The van der Waals surface area contributed by atoms with Crippen molar-refractivity contribution in [3.63, 3.8) is 0 Å². The molecule has 1 heterocycles. The predicted molar refractivity (Wildman–Crippen MR) is 102 cm³/mol. The molecule has 0 bridgehead atoms. The van der Waals surface area contributed by atoms with Gasteiger partial charge in [0, 0.05) is 24.1 Å². The highest BCUT2D eigenvalue weighted by Crippen LogP contribution is 2.35. The van der Waals surface area contributed by atoms with Crippen LogP contribution in [0.2, 0.25) is 0 Å². The first kappa shape index (κ1) is 19.7. The van der Waals surface area contributed by atoms with Gasteiger partial charge in [0.05, 0.1) is 10.5 Å². The summed E-state index contributed by atoms with van der Waals surface area (Å²) in [4.78, 5) is 12.4. The van der Waals surface area contributed by atoms with Crippen LogP contribution >= 0.6 is 15.9 Å². The van der Waals surface area contributed by atoms with Gasteiger partial charge in [-0.2, -0.15) is 0 Å². The van der Waals surface area contributed by atoms with Gasteiger partial charge >= 0.3 is 5.97 Å². The van der Waals surface area contributed by atoms with Crippen LogP contribution in [0.15, 0.2) is 45.8 Å². The van der Waals surface area contributed by atoms with Gasteiger partial charge in [0.15, 0.2) is 11.5 Å². The van der Waals surface area contributed by atoms with Crippen molar-refractivity contribution >= 4 is 31.9 Å². The summed E-state index contributed by atoms with van der Waals surface area (Å²) in [6.45, 7) is 0.997. The van der Waals surface area contributed by atoms with Crippen LogP contribution in [0.4, 0.5) is 0 Å². The highest BCUT2D eigenvalue weighted by atomic mass is 79.9. The molecule has 3 rings (SSSR count). The minimum atomic E-state index is -3.54. The predicted octanol–water partition coefficient (Wildman–Crippen LogP) is 2.83. The number of benzene rings is 2. The summed E-state index contributed by atoms with van der Waals surface area (Å²) < 4.78 is 42.3. The van der Waals surface area contributed by atoms with Crippen LogP contribution in [-0.4, -0.2) is 46.0 Å². The largest absolute Gasteiger partial charge is 0.486 e. The van der Waals surface area contributed by atoms with Crippen molar-refractivity contribution in [2.75, 3.05) is 27.3 Å². The molecule has 0 fully saturated rings. The van der Waals surface area contributed by atoms with E-state index in [0.29, 0.717) is 24.7 Å². The molecule has 0 spiro atoms. The summed E-state index contributed by atoms with van der Waals surface area (Å²) in [7, 11) is -0.646. The number of ether oxygens (including phenoxy) is 3. The molecule has 1 aliphatic heterocycles. The van der Waals surface area contributed by atoms with Gasteiger partial charge in [-0.3, -0.25) is 0 Å². The normalized spacial score (nSPS) is 13.5. The van der Waals surface area contributed by atoms with Crippen LogP contribution in [0.3, 0.4) is 0 Å². The van der Waals surface area contributed by atoms with Gasteiger partial charge in [-0.1, -0.05) is 15.9 Å². The number of fused-ring (bicyclic) bond motifs is 1. The number of halogens is 1. The minimum Gasteiger partial charge on any atom is -0.486 e. The lowest BCUT2D eigenvalue weighted by atomic mass is 10.2. The average Bonchev–Trinajstić information content (AvgIpc) is 2.66. The molecule has 0 aromatic heterocycles. The first-order chi connectivity index (χ1) is 12.8. The van der Waals surface area contributed by atoms with E-state index >= 15 is 0 Å². The molecule has 2 aromatic carbocycles. The quantitative estimate of drug-likeness (QED) is 0.644. The molecule has 0 saturated heterocycles. The summed E-state index contributed by atoms with van der Waals surface area (Å²) >= 11 is 3.43. The molecule has 2 aromatic rings. The number of hydrogen-bond donors (Lipinski definition) is 0. The summed E-state index contributed by atoms with van der Waals surface area (Å²) in [5.41, 5.74) is 1.00. The number of carbonyl (C=O) groups excluding carboxylic acids is 1. The van der Waals surface area contributed by atoms with Crippen LogP contribution in [0.1, 0.15) is 15.9 Å². The lowest BCUT2D eigenvalue weighted by Crippen LogP contribution is -2.22. The van der Waals surface area contributed by atoms with Crippen molar-refractivity contribution in [3.8, 4) is 11.5 Å². The maximum Gasteiger partial charge on any atom is 0.338 e. The maximum atomic E-state index is 12.3. The van der Waals surface area contributed by atoms with E-state index in [2.05, 4.69) is 15.9 Å². The number of nitrogens with zero attached hydrogens (tertiary/aromatic N) is 1. The topological polar surface area (TPSA) is 82.1 Å². The van der Waals surface area contributed by atoms with Crippen LogP contribution in [0, 0.1) is 0 Å². The van der Waals surface area contributed by atoms with E-state index in [0.717, 1.165) is 14.3 Å². The van der Waals surface area contributed by atoms with Crippen molar-refractivity contribution in [1.29, 1.82) is 0 Å². The molecule has 0 unspecified atom stereocenters. The Labute approximate surface area is 166 Å². The zero-order valence-corrected chi connectivity index (χ0v) is 17.2. The zero-order valence-electron chi connectivity index (χ0n) is 14.8. The van der Waals surface area contributed by atoms with Crippen LogP contribution in [0.25, 0.3) is 0 Å². The molecular formula is C18H18BrNO6S. The van der Waals surface area contributed by atoms with Crippen molar-refractivity contribution < 1.29 is 27.4 Å². The fraction of sp³-hybridized carbons (Fsp3) is 0.278. The SMILES string of the molecule is CN(C)S(=O)(=O)c1ccc(C(=O)OCc2cc3c(cc2Br)OCCO3)cc1. The Morgan fingerprint density at radius 1 is 1.11 bits per heavy atom. The van der Waals surface area contributed by atoms with Gasteiger partial charge in [-0.25, -0.2) is 17.5 Å². The molecule has 0 saturated carbocycles. The molecule has 9 heteroatoms. The molecule has 1 aliphatic rings. The average molecular weight is 456 g/mol. The number of rotatable bonds is 5. The lowest BCUT2D eigenvalue weighted by molar-refractivity contribution is 0.0471. The molecule has 0 amide bonds. The number of esters is 1. The number of sulfonamides is 1. The maximum absolute atomic E-state index is 12.3. The summed E-state index contributed by atoms with van der Waals surface area (Å²) in [6.07, 6.45) is 0. The van der Waals surface area contributed by atoms with Gasteiger partial charge in [0.1, 0.15) is 19.8 Å². The first-order valence-corrected chi connectivity index (χ1v) is 10.3. The summed E-state index contributed by atoms with van der Waals surface area (Å²) in [6, 6.07) is 9.16.